The van der Waals surface area contributed by atoms with E-state index in [2.05, 4.69) is 10.3 Å². The van der Waals surface area contributed by atoms with E-state index in [1.165, 1.54) is 11.3 Å². The third-order valence-corrected chi connectivity index (χ3v) is 4.53. The van der Waals surface area contributed by atoms with E-state index in [-0.39, 0.29) is 5.91 Å². The molecule has 128 valence electrons. The van der Waals surface area contributed by atoms with Gasteiger partial charge in [-0.25, -0.2) is 4.98 Å². The summed E-state index contributed by atoms with van der Waals surface area (Å²) in [6, 6.07) is 12.8. The highest BCUT2D eigenvalue weighted by Gasteiger charge is 2.11. The summed E-state index contributed by atoms with van der Waals surface area (Å²) in [5, 5.41) is 5.31. The quantitative estimate of drug-likeness (QED) is 0.738. The van der Waals surface area contributed by atoms with Crippen molar-refractivity contribution in [2.75, 3.05) is 19.5 Å². The third-order valence-electron chi connectivity index (χ3n) is 3.77. The van der Waals surface area contributed by atoms with Crippen molar-refractivity contribution in [2.24, 2.45) is 0 Å². The van der Waals surface area contributed by atoms with E-state index >= 15 is 0 Å². The molecule has 6 heteroatoms. The Hall–Kier alpha value is -2.86. The lowest BCUT2D eigenvalue weighted by Crippen LogP contribution is -2.11. The fourth-order valence-electron chi connectivity index (χ4n) is 2.41. The van der Waals surface area contributed by atoms with Crippen LogP contribution in [-0.4, -0.2) is 25.1 Å². The van der Waals surface area contributed by atoms with Crippen LogP contribution in [0.2, 0.25) is 0 Å². The summed E-state index contributed by atoms with van der Waals surface area (Å²) in [4.78, 5) is 16.8. The number of carbonyl (C=O) groups is 1. The van der Waals surface area contributed by atoms with E-state index in [1.54, 1.807) is 38.5 Å². The first kappa shape index (κ1) is 17.0. The van der Waals surface area contributed by atoms with Crippen molar-refractivity contribution in [2.45, 2.75) is 6.92 Å². The monoisotopic (exact) mass is 354 g/mol. The molecule has 1 N–H and O–H groups in total. The fraction of sp³-hybridized carbons (Fsp3) is 0.158. The molecule has 1 heterocycles. The van der Waals surface area contributed by atoms with Gasteiger partial charge >= 0.3 is 0 Å². The summed E-state index contributed by atoms with van der Waals surface area (Å²) in [6.07, 6.45) is 0. The summed E-state index contributed by atoms with van der Waals surface area (Å²) in [6.45, 7) is 1.99. The van der Waals surface area contributed by atoms with Gasteiger partial charge in [0.15, 0.2) is 5.13 Å². The molecule has 3 aromatic rings. The van der Waals surface area contributed by atoms with E-state index in [0.717, 1.165) is 22.6 Å². The Morgan fingerprint density at radius 1 is 1.08 bits per heavy atom. The highest BCUT2D eigenvalue weighted by Crippen LogP contribution is 2.29. The predicted molar refractivity (Wildman–Crippen MR) is 99.8 cm³/mol. The van der Waals surface area contributed by atoms with Crippen LogP contribution in [0, 0.1) is 6.92 Å². The maximum Gasteiger partial charge on any atom is 0.257 e. The maximum absolute atomic E-state index is 12.3. The number of aromatic nitrogens is 1. The summed E-state index contributed by atoms with van der Waals surface area (Å²) in [5.41, 5.74) is 3.40. The van der Waals surface area contributed by atoms with E-state index in [9.17, 15) is 4.79 Å². The number of rotatable bonds is 5. The van der Waals surface area contributed by atoms with Crippen molar-refractivity contribution >= 4 is 22.4 Å². The highest BCUT2D eigenvalue weighted by atomic mass is 32.1. The Kier molecular flexibility index (Phi) is 5.00. The number of nitrogens with zero attached hydrogens (tertiary/aromatic N) is 1. The predicted octanol–water partition coefficient (Wildman–Crippen LogP) is 4.39. The van der Waals surface area contributed by atoms with Crippen LogP contribution in [-0.2, 0) is 0 Å². The number of thiazole rings is 1. The second kappa shape index (κ2) is 7.36. The molecule has 0 aliphatic rings. The number of ether oxygens (including phenoxy) is 2. The number of hydrogen-bond acceptors (Lipinski definition) is 5. The van der Waals surface area contributed by atoms with Gasteiger partial charge in [-0.05, 0) is 55.0 Å². The summed E-state index contributed by atoms with van der Waals surface area (Å²) in [7, 11) is 3.24. The Morgan fingerprint density at radius 2 is 1.84 bits per heavy atom. The lowest BCUT2D eigenvalue weighted by atomic mass is 10.1. The fourth-order valence-corrected chi connectivity index (χ4v) is 3.13. The molecule has 0 aliphatic carbocycles. The topological polar surface area (TPSA) is 60.5 Å². The van der Waals surface area contributed by atoms with Crippen molar-refractivity contribution < 1.29 is 14.3 Å². The van der Waals surface area contributed by atoms with Gasteiger partial charge in [-0.1, -0.05) is 0 Å². The third kappa shape index (κ3) is 3.80. The molecule has 0 saturated heterocycles. The summed E-state index contributed by atoms with van der Waals surface area (Å²) in [5.74, 6) is 1.35. The molecule has 2 aromatic carbocycles. The number of amides is 1. The van der Waals surface area contributed by atoms with Gasteiger partial charge in [-0.15, -0.1) is 11.3 Å². The number of benzene rings is 2. The van der Waals surface area contributed by atoms with Crippen LogP contribution in [0.1, 0.15) is 15.9 Å². The van der Waals surface area contributed by atoms with Crippen molar-refractivity contribution in [3.63, 3.8) is 0 Å². The van der Waals surface area contributed by atoms with Gasteiger partial charge in [0.1, 0.15) is 11.5 Å². The molecule has 0 spiro atoms. The maximum atomic E-state index is 12.3. The summed E-state index contributed by atoms with van der Waals surface area (Å²) >= 11 is 1.39. The Balaban J connectivity index is 1.74. The molecule has 0 aliphatic heterocycles. The largest absolute Gasteiger partial charge is 0.497 e. The molecule has 3 rings (SSSR count). The first-order chi connectivity index (χ1) is 12.1. The lowest BCUT2D eigenvalue weighted by Gasteiger charge is -2.05. The van der Waals surface area contributed by atoms with Gasteiger partial charge in [-0.2, -0.15) is 0 Å². The lowest BCUT2D eigenvalue weighted by molar-refractivity contribution is 0.102. The van der Waals surface area contributed by atoms with Crippen LogP contribution in [0.4, 0.5) is 5.13 Å². The molecule has 0 unspecified atom stereocenters. The van der Waals surface area contributed by atoms with Crippen LogP contribution in [0.5, 0.6) is 11.5 Å². The summed E-state index contributed by atoms with van der Waals surface area (Å²) < 4.78 is 10.4. The normalized spacial score (nSPS) is 10.4. The van der Waals surface area contributed by atoms with E-state index < -0.39 is 0 Å². The minimum atomic E-state index is -0.200. The zero-order valence-electron chi connectivity index (χ0n) is 14.2. The van der Waals surface area contributed by atoms with Crippen molar-refractivity contribution in [1.82, 2.24) is 4.98 Å². The van der Waals surface area contributed by atoms with Crippen molar-refractivity contribution in [3.05, 3.63) is 59.0 Å². The Bertz CT molecular complexity index is 888. The minimum absolute atomic E-state index is 0.200. The molecule has 0 atom stereocenters. The second-order valence-electron chi connectivity index (χ2n) is 5.40. The molecule has 0 bridgehead atoms. The molecule has 0 fully saturated rings. The molecule has 1 aromatic heterocycles. The SMILES string of the molecule is COc1ccc(C(=O)Nc2nc(-c3ccc(OC)c(C)c3)cs2)cc1. The molecule has 0 saturated carbocycles. The van der Waals surface area contributed by atoms with Gasteiger partial charge in [0.2, 0.25) is 0 Å². The molecule has 1 amide bonds. The van der Waals surface area contributed by atoms with Gasteiger partial charge in [0.25, 0.3) is 5.91 Å². The smallest absolute Gasteiger partial charge is 0.257 e. The van der Waals surface area contributed by atoms with Gasteiger partial charge in [0.05, 0.1) is 19.9 Å². The number of aryl methyl sites for hydroxylation is 1. The van der Waals surface area contributed by atoms with Crippen LogP contribution in [0.15, 0.2) is 47.8 Å². The van der Waals surface area contributed by atoms with Gasteiger partial charge in [0, 0.05) is 16.5 Å². The molecule has 25 heavy (non-hydrogen) atoms. The van der Waals surface area contributed by atoms with E-state index in [1.807, 2.05) is 30.5 Å². The van der Waals surface area contributed by atoms with Crippen molar-refractivity contribution in [1.29, 1.82) is 0 Å². The molecular weight excluding hydrogens is 336 g/mol. The van der Waals surface area contributed by atoms with Crippen LogP contribution >= 0.6 is 11.3 Å². The van der Waals surface area contributed by atoms with Crippen molar-refractivity contribution in [3.8, 4) is 22.8 Å². The molecule has 5 nitrogen and oxygen atoms in total. The first-order valence-corrected chi connectivity index (χ1v) is 8.54. The number of anilines is 1. The number of hydrogen-bond donors (Lipinski definition) is 1. The first-order valence-electron chi connectivity index (χ1n) is 7.66. The Labute approximate surface area is 150 Å². The average Bonchev–Trinajstić information content (AvgIpc) is 3.10. The molecular formula is C19H18N2O3S. The van der Waals surface area contributed by atoms with E-state index in [0.29, 0.717) is 16.4 Å². The standard InChI is InChI=1S/C19H18N2O3S/c1-12-10-14(6-9-17(12)24-3)16-11-25-19(20-16)21-18(22)13-4-7-15(23-2)8-5-13/h4-11H,1-3H3,(H,20,21,22). The number of methoxy groups -OCH3 is 2. The van der Waals surface area contributed by atoms with Crippen LogP contribution < -0.4 is 14.8 Å². The second-order valence-corrected chi connectivity index (χ2v) is 6.26. The molecule has 0 radical (unpaired) electrons. The highest BCUT2D eigenvalue weighted by molar-refractivity contribution is 7.14. The Morgan fingerprint density at radius 3 is 2.48 bits per heavy atom. The van der Waals surface area contributed by atoms with Gasteiger partial charge in [-0.3, -0.25) is 10.1 Å². The van der Waals surface area contributed by atoms with Gasteiger partial charge < -0.3 is 9.47 Å². The van der Waals surface area contributed by atoms with E-state index in [4.69, 9.17) is 9.47 Å². The van der Waals surface area contributed by atoms with Crippen LogP contribution in [0.3, 0.4) is 0 Å². The minimum Gasteiger partial charge on any atom is -0.497 e. The number of nitrogens with one attached hydrogen (secondary N) is 1. The zero-order valence-corrected chi connectivity index (χ0v) is 15.0. The number of carbonyl (C=O) groups excluding carboxylic acids is 1. The zero-order chi connectivity index (χ0) is 17.8. The average molecular weight is 354 g/mol. The van der Waals surface area contributed by atoms with Crippen LogP contribution in [0.25, 0.3) is 11.3 Å².